The van der Waals surface area contributed by atoms with Gasteiger partial charge in [0.2, 0.25) is 0 Å². The van der Waals surface area contributed by atoms with E-state index < -0.39 is 11.7 Å². The zero-order valence-electron chi connectivity index (χ0n) is 12.8. The van der Waals surface area contributed by atoms with E-state index in [0.717, 1.165) is 23.7 Å². The van der Waals surface area contributed by atoms with Crippen LogP contribution in [0, 0.1) is 0 Å². The van der Waals surface area contributed by atoms with E-state index in [4.69, 9.17) is 4.74 Å². The highest BCUT2D eigenvalue weighted by atomic mass is 16.6. The molecule has 1 aromatic heterocycles. The number of aryl methyl sites for hydroxylation is 1. The first-order chi connectivity index (χ1) is 9.84. The number of nitrogens with one attached hydrogen (secondary N) is 1. The van der Waals surface area contributed by atoms with E-state index >= 15 is 0 Å². The predicted octanol–water partition coefficient (Wildman–Crippen LogP) is 3.82. The van der Waals surface area contributed by atoms with Gasteiger partial charge in [0, 0.05) is 34.9 Å². The van der Waals surface area contributed by atoms with Crippen molar-refractivity contribution in [1.82, 2.24) is 4.57 Å². The number of nitrogens with zero attached hydrogens (tertiary/aromatic N) is 1. The summed E-state index contributed by atoms with van der Waals surface area (Å²) in [5.74, 6) is 0. The molecule has 1 aromatic carbocycles. The Balaban J connectivity index is 2.30. The first-order valence-electron chi connectivity index (χ1n) is 6.92. The molecule has 0 aliphatic carbocycles. The smallest absolute Gasteiger partial charge is 0.412 e. The summed E-state index contributed by atoms with van der Waals surface area (Å²) in [6, 6.07) is 5.47. The Hall–Kier alpha value is -2.30. The highest BCUT2D eigenvalue weighted by Gasteiger charge is 2.16. The van der Waals surface area contributed by atoms with Gasteiger partial charge in [0.15, 0.2) is 6.29 Å². The second-order valence-electron chi connectivity index (χ2n) is 5.85. The van der Waals surface area contributed by atoms with Crippen molar-refractivity contribution < 1.29 is 14.3 Å². The Morgan fingerprint density at radius 2 is 2.10 bits per heavy atom. The molecule has 5 heteroatoms. The van der Waals surface area contributed by atoms with Gasteiger partial charge in [-0.25, -0.2) is 4.79 Å². The predicted molar refractivity (Wildman–Crippen MR) is 82.9 cm³/mol. The monoisotopic (exact) mass is 288 g/mol. The standard InChI is InChI=1S/C16H20N2O3/c1-5-18-9-11(10-19)13-8-12(6-7-14(13)18)17-15(20)21-16(2,3)4/h6-10H,5H2,1-4H3,(H,17,20). The van der Waals surface area contributed by atoms with Crippen LogP contribution in [0.25, 0.3) is 10.9 Å². The zero-order valence-corrected chi connectivity index (χ0v) is 12.8. The molecule has 0 aliphatic rings. The lowest BCUT2D eigenvalue weighted by Gasteiger charge is -2.19. The van der Waals surface area contributed by atoms with Crippen LogP contribution < -0.4 is 5.32 Å². The highest BCUT2D eigenvalue weighted by Crippen LogP contribution is 2.24. The number of carbonyl (C=O) groups excluding carboxylic acids is 2. The third-order valence-corrected chi connectivity index (χ3v) is 3.02. The van der Waals surface area contributed by atoms with E-state index in [-0.39, 0.29) is 0 Å². The number of benzene rings is 1. The van der Waals surface area contributed by atoms with E-state index in [1.165, 1.54) is 0 Å². The molecular weight excluding hydrogens is 268 g/mol. The molecule has 5 nitrogen and oxygen atoms in total. The number of hydrogen-bond donors (Lipinski definition) is 1. The number of ether oxygens (including phenoxy) is 1. The summed E-state index contributed by atoms with van der Waals surface area (Å²) in [6.45, 7) is 8.22. The minimum absolute atomic E-state index is 0.510. The van der Waals surface area contributed by atoms with Gasteiger partial charge in [-0.1, -0.05) is 0 Å². The first kappa shape index (κ1) is 15.1. The average molecular weight is 288 g/mol. The zero-order chi connectivity index (χ0) is 15.6. The van der Waals surface area contributed by atoms with Gasteiger partial charge in [-0.15, -0.1) is 0 Å². The summed E-state index contributed by atoms with van der Waals surface area (Å²) < 4.78 is 7.21. The Kier molecular flexibility index (Phi) is 4.02. The van der Waals surface area contributed by atoms with Gasteiger partial charge in [-0.2, -0.15) is 0 Å². The van der Waals surface area contributed by atoms with Crippen LogP contribution in [-0.4, -0.2) is 22.5 Å². The maximum absolute atomic E-state index is 11.8. The van der Waals surface area contributed by atoms with E-state index in [0.29, 0.717) is 11.3 Å². The van der Waals surface area contributed by atoms with Crippen LogP contribution in [-0.2, 0) is 11.3 Å². The second-order valence-corrected chi connectivity index (χ2v) is 5.85. The van der Waals surface area contributed by atoms with Gasteiger partial charge in [-0.3, -0.25) is 10.1 Å². The molecule has 0 radical (unpaired) electrons. The van der Waals surface area contributed by atoms with Gasteiger partial charge in [0.25, 0.3) is 0 Å². The summed E-state index contributed by atoms with van der Waals surface area (Å²) in [4.78, 5) is 22.9. The summed E-state index contributed by atoms with van der Waals surface area (Å²) >= 11 is 0. The number of fused-ring (bicyclic) bond motifs is 1. The van der Waals surface area contributed by atoms with Crippen LogP contribution in [0.3, 0.4) is 0 Å². The number of anilines is 1. The molecule has 0 fully saturated rings. The van der Waals surface area contributed by atoms with E-state index in [9.17, 15) is 9.59 Å². The number of hydrogen-bond acceptors (Lipinski definition) is 3. The van der Waals surface area contributed by atoms with Crippen molar-refractivity contribution in [3.05, 3.63) is 30.0 Å². The molecule has 0 bridgehead atoms. The van der Waals surface area contributed by atoms with Crippen LogP contribution in [0.2, 0.25) is 0 Å². The van der Waals surface area contributed by atoms with Crippen molar-refractivity contribution >= 4 is 29.0 Å². The Morgan fingerprint density at radius 3 is 2.67 bits per heavy atom. The van der Waals surface area contributed by atoms with Crippen molar-refractivity contribution in [3.63, 3.8) is 0 Å². The van der Waals surface area contributed by atoms with Crippen molar-refractivity contribution in [2.45, 2.75) is 39.8 Å². The Morgan fingerprint density at radius 1 is 1.38 bits per heavy atom. The molecule has 1 heterocycles. The van der Waals surface area contributed by atoms with Gasteiger partial charge in [-0.05, 0) is 45.9 Å². The average Bonchev–Trinajstić information content (AvgIpc) is 2.73. The van der Waals surface area contributed by atoms with Crippen LogP contribution in [0.15, 0.2) is 24.4 Å². The molecule has 0 aliphatic heterocycles. The number of carbonyl (C=O) groups is 2. The lowest BCUT2D eigenvalue weighted by atomic mass is 10.1. The highest BCUT2D eigenvalue weighted by molar-refractivity contribution is 6.00. The molecule has 21 heavy (non-hydrogen) atoms. The van der Waals surface area contributed by atoms with Crippen LogP contribution in [0.1, 0.15) is 38.1 Å². The van der Waals surface area contributed by atoms with E-state index in [1.54, 1.807) is 12.1 Å². The van der Waals surface area contributed by atoms with Gasteiger partial charge < -0.3 is 9.30 Å². The number of aromatic nitrogens is 1. The third kappa shape index (κ3) is 3.42. The van der Waals surface area contributed by atoms with Crippen molar-refractivity contribution in [1.29, 1.82) is 0 Å². The molecule has 1 N–H and O–H groups in total. The molecule has 112 valence electrons. The van der Waals surface area contributed by atoms with Crippen molar-refractivity contribution in [2.75, 3.05) is 5.32 Å². The van der Waals surface area contributed by atoms with E-state index in [2.05, 4.69) is 5.32 Å². The summed E-state index contributed by atoms with van der Waals surface area (Å²) in [7, 11) is 0. The normalized spacial score (nSPS) is 11.4. The number of aldehydes is 1. The molecule has 0 saturated carbocycles. The fraction of sp³-hybridized carbons (Fsp3) is 0.375. The van der Waals surface area contributed by atoms with Crippen molar-refractivity contribution in [3.8, 4) is 0 Å². The Bertz CT molecular complexity index is 681. The second kappa shape index (κ2) is 5.60. The van der Waals surface area contributed by atoms with Crippen molar-refractivity contribution in [2.24, 2.45) is 0 Å². The summed E-state index contributed by atoms with van der Waals surface area (Å²) in [5, 5.41) is 3.50. The molecular formula is C16H20N2O3. The number of rotatable bonds is 3. The number of amides is 1. The Labute approximate surface area is 123 Å². The van der Waals surface area contributed by atoms with Gasteiger partial charge in [0.1, 0.15) is 5.60 Å². The third-order valence-electron chi connectivity index (χ3n) is 3.02. The summed E-state index contributed by atoms with van der Waals surface area (Å²) in [5.41, 5.74) is 1.64. The molecule has 0 saturated heterocycles. The van der Waals surface area contributed by atoms with Crippen LogP contribution >= 0.6 is 0 Å². The lowest BCUT2D eigenvalue weighted by molar-refractivity contribution is 0.0636. The summed E-state index contributed by atoms with van der Waals surface area (Å²) in [6.07, 6.45) is 2.13. The molecule has 2 rings (SSSR count). The molecule has 0 unspecified atom stereocenters. The lowest BCUT2D eigenvalue weighted by Crippen LogP contribution is -2.27. The minimum Gasteiger partial charge on any atom is -0.444 e. The molecule has 1 amide bonds. The largest absolute Gasteiger partial charge is 0.444 e. The molecule has 0 atom stereocenters. The fourth-order valence-electron chi connectivity index (χ4n) is 2.18. The maximum atomic E-state index is 11.8. The SMILES string of the molecule is CCn1cc(C=O)c2cc(NC(=O)OC(C)(C)C)ccc21. The maximum Gasteiger partial charge on any atom is 0.412 e. The minimum atomic E-state index is -0.548. The molecule has 2 aromatic rings. The van der Waals surface area contributed by atoms with Crippen LogP contribution in [0.5, 0.6) is 0 Å². The van der Waals surface area contributed by atoms with Crippen LogP contribution in [0.4, 0.5) is 10.5 Å². The molecule has 0 spiro atoms. The topological polar surface area (TPSA) is 60.3 Å². The fourth-order valence-corrected chi connectivity index (χ4v) is 2.18. The first-order valence-corrected chi connectivity index (χ1v) is 6.92. The van der Waals surface area contributed by atoms with Gasteiger partial charge in [0.05, 0.1) is 0 Å². The van der Waals surface area contributed by atoms with E-state index in [1.807, 2.05) is 44.5 Å². The van der Waals surface area contributed by atoms with Gasteiger partial charge >= 0.3 is 6.09 Å². The quantitative estimate of drug-likeness (QED) is 0.873.